The number of rotatable bonds is 0. The molecule has 0 saturated carbocycles. The average molecular weight is 126 g/mol. The predicted molar refractivity (Wildman–Crippen MR) is 31.8 cm³/mol. The lowest BCUT2D eigenvalue weighted by atomic mass is 10.2. The van der Waals surface area contributed by atoms with Crippen molar-refractivity contribution in [3.05, 3.63) is 12.3 Å². The van der Waals surface area contributed by atoms with Crippen LogP contribution in [0.15, 0.2) is 6.20 Å². The average Bonchev–Trinajstić information content (AvgIpc) is 1.90. The maximum Gasteiger partial charge on any atom is 0.411 e. The molecule has 1 radical (unpaired) electrons. The van der Waals surface area contributed by atoms with E-state index in [0.29, 0.717) is 6.54 Å². The molecule has 0 aromatic heterocycles. The SMILES string of the molecule is O=C(O)N1C=[C]CCC1. The van der Waals surface area contributed by atoms with Gasteiger partial charge in [-0.2, -0.15) is 0 Å². The van der Waals surface area contributed by atoms with Gasteiger partial charge in [0.25, 0.3) is 0 Å². The number of carboxylic acid groups (broad SMARTS) is 1. The van der Waals surface area contributed by atoms with Gasteiger partial charge in [-0.25, -0.2) is 4.79 Å². The summed E-state index contributed by atoms with van der Waals surface area (Å²) in [6.45, 7) is 0.613. The lowest BCUT2D eigenvalue weighted by Crippen LogP contribution is -2.26. The second-order valence-electron chi connectivity index (χ2n) is 1.91. The van der Waals surface area contributed by atoms with Gasteiger partial charge in [-0.1, -0.05) is 0 Å². The van der Waals surface area contributed by atoms with E-state index in [1.54, 1.807) is 0 Å². The zero-order valence-electron chi connectivity index (χ0n) is 5.00. The molecule has 1 aliphatic heterocycles. The highest BCUT2D eigenvalue weighted by Gasteiger charge is 2.09. The van der Waals surface area contributed by atoms with Gasteiger partial charge in [-0.3, -0.25) is 4.90 Å². The zero-order chi connectivity index (χ0) is 6.69. The van der Waals surface area contributed by atoms with Crippen molar-refractivity contribution in [2.45, 2.75) is 12.8 Å². The first-order chi connectivity index (χ1) is 4.30. The predicted octanol–water partition coefficient (Wildman–Crippen LogP) is 1.08. The summed E-state index contributed by atoms with van der Waals surface area (Å²) in [7, 11) is 0. The smallest absolute Gasteiger partial charge is 0.411 e. The van der Waals surface area contributed by atoms with Gasteiger partial charge in [-0.05, 0) is 18.9 Å². The van der Waals surface area contributed by atoms with E-state index in [9.17, 15) is 4.79 Å². The third-order valence-electron chi connectivity index (χ3n) is 1.21. The number of hydrogen-bond acceptors (Lipinski definition) is 1. The first kappa shape index (κ1) is 6.13. The molecule has 9 heavy (non-hydrogen) atoms. The Morgan fingerprint density at radius 2 is 2.56 bits per heavy atom. The Morgan fingerprint density at radius 3 is 2.89 bits per heavy atom. The Balaban J connectivity index is 2.50. The topological polar surface area (TPSA) is 40.5 Å². The van der Waals surface area contributed by atoms with E-state index in [2.05, 4.69) is 6.08 Å². The second-order valence-corrected chi connectivity index (χ2v) is 1.91. The fourth-order valence-electron chi connectivity index (χ4n) is 0.742. The summed E-state index contributed by atoms with van der Waals surface area (Å²) in [5, 5.41) is 8.39. The standard InChI is InChI=1S/C6H8NO2/c8-6(9)7-4-2-1-3-5-7/h5H,1-2,4H2,(H,8,9). The highest BCUT2D eigenvalue weighted by molar-refractivity contribution is 5.66. The van der Waals surface area contributed by atoms with Crippen molar-refractivity contribution in [3.8, 4) is 0 Å². The van der Waals surface area contributed by atoms with Crippen LogP contribution in [-0.2, 0) is 0 Å². The third kappa shape index (κ3) is 1.45. The molecule has 1 aliphatic rings. The van der Waals surface area contributed by atoms with Gasteiger partial charge in [0, 0.05) is 12.7 Å². The molecule has 0 aliphatic carbocycles. The third-order valence-corrected chi connectivity index (χ3v) is 1.21. The van der Waals surface area contributed by atoms with Crippen LogP contribution in [-0.4, -0.2) is 22.6 Å². The molecule has 49 valence electrons. The molecule has 3 heteroatoms. The minimum Gasteiger partial charge on any atom is -0.465 e. The van der Waals surface area contributed by atoms with Crippen LogP contribution >= 0.6 is 0 Å². The van der Waals surface area contributed by atoms with Crippen molar-refractivity contribution in [1.29, 1.82) is 0 Å². The van der Waals surface area contributed by atoms with Crippen LogP contribution in [0, 0.1) is 6.08 Å². The summed E-state index contributed by atoms with van der Waals surface area (Å²) in [4.78, 5) is 11.4. The minimum absolute atomic E-state index is 0.613. The summed E-state index contributed by atoms with van der Waals surface area (Å²) < 4.78 is 0. The molecule has 1 N–H and O–H groups in total. The van der Waals surface area contributed by atoms with Crippen LogP contribution in [0.4, 0.5) is 4.79 Å². The molecule has 0 spiro atoms. The minimum atomic E-state index is -0.887. The molecule has 1 amide bonds. The number of nitrogens with zero attached hydrogens (tertiary/aromatic N) is 1. The monoisotopic (exact) mass is 126 g/mol. The Labute approximate surface area is 53.6 Å². The molecular weight excluding hydrogens is 118 g/mol. The van der Waals surface area contributed by atoms with Crippen molar-refractivity contribution in [1.82, 2.24) is 4.90 Å². The van der Waals surface area contributed by atoms with E-state index >= 15 is 0 Å². The van der Waals surface area contributed by atoms with Crippen LogP contribution in [0.1, 0.15) is 12.8 Å². The van der Waals surface area contributed by atoms with Crippen molar-refractivity contribution in [3.63, 3.8) is 0 Å². The molecule has 3 nitrogen and oxygen atoms in total. The van der Waals surface area contributed by atoms with E-state index < -0.39 is 6.09 Å². The maximum atomic E-state index is 10.2. The van der Waals surface area contributed by atoms with Crippen LogP contribution < -0.4 is 0 Å². The Bertz CT molecular complexity index is 142. The van der Waals surface area contributed by atoms with Crippen LogP contribution in [0.3, 0.4) is 0 Å². The molecule has 0 unspecified atom stereocenters. The van der Waals surface area contributed by atoms with Crippen molar-refractivity contribution < 1.29 is 9.90 Å². The van der Waals surface area contributed by atoms with Crippen molar-refractivity contribution in [2.75, 3.05) is 6.54 Å². The Hall–Kier alpha value is -0.990. The summed E-state index contributed by atoms with van der Waals surface area (Å²) in [6.07, 6.45) is 5.21. The van der Waals surface area contributed by atoms with Crippen LogP contribution in [0.5, 0.6) is 0 Å². The van der Waals surface area contributed by atoms with Crippen molar-refractivity contribution in [2.24, 2.45) is 0 Å². The van der Waals surface area contributed by atoms with Gasteiger partial charge in [-0.15, -0.1) is 0 Å². The zero-order valence-corrected chi connectivity index (χ0v) is 5.00. The molecule has 0 atom stereocenters. The second kappa shape index (κ2) is 2.53. The first-order valence-electron chi connectivity index (χ1n) is 2.87. The summed E-state index contributed by atoms with van der Waals surface area (Å²) >= 11 is 0. The number of hydrogen-bond donors (Lipinski definition) is 1. The van der Waals surface area contributed by atoms with E-state index in [4.69, 9.17) is 5.11 Å². The molecular formula is C6H8NO2. The molecule has 0 aromatic rings. The van der Waals surface area contributed by atoms with Gasteiger partial charge in [0.2, 0.25) is 0 Å². The quantitative estimate of drug-likeness (QED) is 0.527. The van der Waals surface area contributed by atoms with E-state index in [1.807, 2.05) is 0 Å². The summed E-state index contributed by atoms with van der Waals surface area (Å²) in [5.74, 6) is 0. The molecule has 1 rings (SSSR count). The molecule has 0 saturated heterocycles. The largest absolute Gasteiger partial charge is 0.465 e. The fourth-order valence-corrected chi connectivity index (χ4v) is 0.742. The highest BCUT2D eigenvalue weighted by Crippen LogP contribution is 2.03. The van der Waals surface area contributed by atoms with Crippen LogP contribution in [0.2, 0.25) is 0 Å². The van der Waals surface area contributed by atoms with Gasteiger partial charge in [0.05, 0.1) is 0 Å². The number of allylic oxidation sites excluding steroid dienone is 1. The molecule has 0 bridgehead atoms. The first-order valence-corrected chi connectivity index (χ1v) is 2.87. The number of carbonyl (C=O) groups is 1. The lowest BCUT2D eigenvalue weighted by Gasteiger charge is -2.16. The van der Waals surface area contributed by atoms with Gasteiger partial charge >= 0.3 is 6.09 Å². The van der Waals surface area contributed by atoms with Gasteiger partial charge < -0.3 is 5.11 Å². The van der Waals surface area contributed by atoms with E-state index in [-0.39, 0.29) is 0 Å². The van der Waals surface area contributed by atoms with Crippen molar-refractivity contribution >= 4 is 6.09 Å². The molecule has 0 fully saturated rings. The Kier molecular flexibility index (Phi) is 1.72. The van der Waals surface area contributed by atoms with E-state index in [0.717, 1.165) is 12.8 Å². The van der Waals surface area contributed by atoms with Gasteiger partial charge in [0.15, 0.2) is 0 Å². The number of amides is 1. The summed E-state index contributed by atoms with van der Waals surface area (Å²) in [6, 6.07) is 0. The van der Waals surface area contributed by atoms with Crippen LogP contribution in [0.25, 0.3) is 0 Å². The normalized spacial score (nSPS) is 18.0. The molecule has 1 heterocycles. The Morgan fingerprint density at radius 1 is 1.78 bits per heavy atom. The lowest BCUT2D eigenvalue weighted by molar-refractivity contribution is 0.160. The highest BCUT2D eigenvalue weighted by atomic mass is 16.4. The maximum absolute atomic E-state index is 10.2. The molecule has 0 aromatic carbocycles. The van der Waals surface area contributed by atoms with E-state index in [1.165, 1.54) is 11.1 Å². The van der Waals surface area contributed by atoms with Gasteiger partial charge in [0.1, 0.15) is 0 Å². The summed E-state index contributed by atoms with van der Waals surface area (Å²) in [5.41, 5.74) is 0. The fraction of sp³-hybridized carbons (Fsp3) is 0.500.